The fourth-order valence-corrected chi connectivity index (χ4v) is 2.76. The van der Waals surface area contributed by atoms with Crippen LogP contribution >= 0.6 is 0 Å². The summed E-state index contributed by atoms with van der Waals surface area (Å²) in [5, 5.41) is 13.1. The quantitative estimate of drug-likeness (QED) is 0.580. The second-order valence-electron chi connectivity index (χ2n) is 7.25. The molecule has 150 valence electrons. The molecule has 2 N–H and O–H groups in total. The van der Waals surface area contributed by atoms with Crippen LogP contribution in [0.2, 0.25) is 0 Å². The first kappa shape index (κ1) is 21.4. The van der Waals surface area contributed by atoms with E-state index in [0.29, 0.717) is 5.06 Å². The largest absolute Gasteiger partial charge is 0.339 e. The van der Waals surface area contributed by atoms with Gasteiger partial charge in [0.05, 0.1) is 0 Å². The van der Waals surface area contributed by atoms with Crippen LogP contribution in [0.1, 0.15) is 32.8 Å². The van der Waals surface area contributed by atoms with Crippen molar-refractivity contribution >= 4 is 23.3 Å². The molecule has 2 rings (SSSR count). The minimum atomic E-state index is -1.12. The summed E-state index contributed by atoms with van der Waals surface area (Å²) in [4.78, 5) is 38.6. The molecule has 0 radical (unpaired) electrons. The summed E-state index contributed by atoms with van der Waals surface area (Å²) in [5.41, 5.74) is 1.69. The number of nitrogens with zero attached hydrogens (tertiary/aromatic N) is 2. The number of amides is 3. The standard InChI is InChI=1S/C21H27N3O4/c1-14(2)12-19(25)24(28)15(3)20(26)22-18-13-17(10-11-23(4)21(18)27)16-8-6-5-7-9-16/h5-11,13-15,18,28H,12H2,1-4H3,(H,22,26)/t15-,18-/m0/s1. The maximum Gasteiger partial charge on any atom is 0.252 e. The molecule has 0 aromatic heterocycles. The van der Waals surface area contributed by atoms with Gasteiger partial charge in [-0.1, -0.05) is 44.2 Å². The van der Waals surface area contributed by atoms with Crippen LogP contribution in [0, 0.1) is 5.92 Å². The summed E-state index contributed by atoms with van der Waals surface area (Å²) in [7, 11) is 1.60. The average Bonchev–Trinajstić information content (AvgIpc) is 2.80. The Morgan fingerprint density at radius 3 is 2.46 bits per heavy atom. The number of hydroxylamine groups is 2. The summed E-state index contributed by atoms with van der Waals surface area (Å²) in [6.45, 7) is 5.11. The van der Waals surface area contributed by atoms with Crippen LogP contribution in [0.3, 0.4) is 0 Å². The van der Waals surface area contributed by atoms with E-state index in [1.54, 1.807) is 25.4 Å². The minimum Gasteiger partial charge on any atom is -0.339 e. The smallest absolute Gasteiger partial charge is 0.252 e. The van der Waals surface area contributed by atoms with Crippen molar-refractivity contribution in [3.8, 4) is 0 Å². The van der Waals surface area contributed by atoms with Gasteiger partial charge in [-0.15, -0.1) is 0 Å². The Kier molecular flexibility index (Phi) is 7.12. The first-order valence-corrected chi connectivity index (χ1v) is 9.24. The molecular formula is C21H27N3O4. The molecule has 28 heavy (non-hydrogen) atoms. The van der Waals surface area contributed by atoms with Crippen molar-refractivity contribution in [1.82, 2.24) is 15.3 Å². The molecule has 0 fully saturated rings. The van der Waals surface area contributed by atoms with E-state index >= 15 is 0 Å². The van der Waals surface area contributed by atoms with Gasteiger partial charge in [0, 0.05) is 19.7 Å². The SMILES string of the molecule is CC(C)CC(=O)N(O)[C@@H](C)C(=O)N[C@H]1C=C(c2ccccc2)C=CN(C)C1=O. The molecule has 1 heterocycles. The van der Waals surface area contributed by atoms with Gasteiger partial charge in [0.1, 0.15) is 12.1 Å². The Morgan fingerprint density at radius 1 is 1.21 bits per heavy atom. The topological polar surface area (TPSA) is 89.9 Å². The summed E-state index contributed by atoms with van der Waals surface area (Å²) in [6, 6.07) is 7.46. The maximum atomic E-state index is 12.6. The van der Waals surface area contributed by atoms with Crippen molar-refractivity contribution in [2.45, 2.75) is 39.3 Å². The van der Waals surface area contributed by atoms with Crippen molar-refractivity contribution in [3.63, 3.8) is 0 Å². The lowest BCUT2D eigenvalue weighted by atomic mass is 10.0. The van der Waals surface area contributed by atoms with Crippen LogP contribution in [0.4, 0.5) is 0 Å². The molecule has 0 spiro atoms. The first-order chi connectivity index (χ1) is 13.2. The highest BCUT2D eigenvalue weighted by Gasteiger charge is 2.30. The maximum absolute atomic E-state index is 12.6. The van der Waals surface area contributed by atoms with Gasteiger partial charge < -0.3 is 10.2 Å². The van der Waals surface area contributed by atoms with Crippen LogP contribution in [0.5, 0.6) is 0 Å². The molecule has 1 aliphatic rings. The second kappa shape index (κ2) is 9.32. The highest BCUT2D eigenvalue weighted by molar-refractivity contribution is 5.95. The third-order valence-electron chi connectivity index (χ3n) is 4.43. The lowest BCUT2D eigenvalue weighted by Crippen LogP contribution is -2.52. The predicted octanol–water partition coefficient (Wildman–Crippen LogP) is 2.19. The fourth-order valence-electron chi connectivity index (χ4n) is 2.76. The minimum absolute atomic E-state index is 0.0527. The number of rotatable bonds is 6. The Labute approximate surface area is 165 Å². The monoisotopic (exact) mass is 385 g/mol. The molecule has 0 unspecified atom stereocenters. The molecular weight excluding hydrogens is 358 g/mol. The van der Waals surface area contributed by atoms with Crippen LogP contribution in [0.15, 0.2) is 48.7 Å². The fraction of sp³-hybridized carbons (Fsp3) is 0.381. The highest BCUT2D eigenvalue weighted by atomic mass is 16.5. The molecule has 0 saturated heterocycles. The van der Waals surface area contributed by atoms with Gasteiger partial charge in [-0.3, -0.25) is 19.6 Å². The Morgan fingerprint density at radius 2 is 1.86 bits per heavy atom. The van der Waals surface area contributed by atoms with E-state index in [4.69, 9.17) is 0 Å². The molecule has 1 aromatic carbocycles. The lowest BCUT2D eigenvalue weighted by Gasteiger charge is -2.25. The zero-order valence-corrected chi connectivity index (χ0v) is 16.6. The van der Waals surface area contributed by atoms with Crippen molar-refractivity contribution in [2.24, 2.45) is 5.92 Å². The number of benzene rings is 1. The van der Waals surface area contributed by atoms with Crippen LogP contribution in [0.25, 0.3) is 5.57 Å². The zero-order chi connectivity index (χ0) is 20.8. The Hall–Kier alpha value is -2.93. The van der Waals surface area contributed by atoms with Gasteiger partial charge in [-0.25, -0.2) is 5.06 Å². The molecule has 0 bridgehead atoms. The Bertz CT molecular complexity index is 786. The molecule has 1 aromatic rings. The molecule has 7 nitrogen and oxygen atoms in total. The number of carbonyl (C=O) groups is 3. The summed E-state index contributed by atoms with van der Waals surface area (Å²) in [6.07, 6.45) is 5.23. The number of allylic oxidation sites excluding steroid dienone is 2. The van der Waals surface area contributed by atoms with Crippen molar-refractivity contribution in [1.29, 1.82) is 0 Å². The van der Waals surface area contributed by atoms with E-state index in [9.17, 15) is 19.6 Å². The second-order valence-corrected chi connectivity index (χ2v) is 7.25. The number of likely N-dealkylation sites (N-methyl/N-ethyl adjacent to an activating group) is 1. The van der Waals surface area contributed by atoms with Crippen LogP contribution in [-0.2, 0) is 14.4 Å². The van der Waals surface area contributed by atoms with E-state index in [2.05, 4.69) is 5.32 Å². The molecule has 1 aliphatic heterocycles. The van der Waals surface area contributed by atoms with Gasteiger partial charge in [0.15, 0.2) is 0 Å². The predicted molar refractivity (Wildman–Crippen MR) is 106 cm³/mol. The molecule has 0 aliphatic carbocycles. The number of nitrogens with one attached hydrogen (secondary N) is 1. The molecule has 3 amide bonds. The summed E-state index contributed by atoms with van der Waals surface area (Å²) in [5.74, 6) is -1.42. The third kappa shape index (κ3) is 5.29. The van der Waals surface area contributed by atoms with Crippen LogP contribution < -0.4 is 5.32 Å². The summed E-state index contributed by atoms with van der Waals surface area (Å²) < 4.78 is 0. The van der Waals surface area contributed by atoms with Gasteiger partial charge in [-0.05, 0) is 36.1 Å². The van der Waals surface area contributed by atoms with E-state index in [0.717, 1.165) is 11.1 Å². The van der Waals surface area contributed by atoms with Gasteiger partial charge in [-0.2, -0.15) is 0 Å². The van der Waals surface area contributed by atoms with Gasteiger partial charge in [0.2, 0.25) is 11.8 Å². The van der Waals surface area contributed by atoms with Gasteiger partial charge >= 0.3 is 0 Å². The average molecular weight is 385 g/mol. The highest BCUT2D eigenvalue weighted by Crippen LogP contribution is 2.20. The Balaban J connectivity index is 2.18. The van der Waals surface area contributed by atoms with Crippen molar-refractivity contribution in [3.05, 3.63) is 54.2 Å². The summed E-state index contributed by atoms with van der Waals surface area (Å²) >= 11 is 0. The molecule has 0 saturated carbocycles. The van der Waals surface area contributed by atoms with Crippen LogP contribution in [-0.4, -0.2) is 52.0 Å². The lowest BCUT2D eigenvalue weighted by molar-refractivity contribution is -0.179. The normalized spacial score (nSPS) is 17.8. The zero-order valence-electron chi connectivity index (χ0n) is 16.6. The first-order valence-electron chi connectivity index (χ1n) is 9.24. The number of hydrogen-bond acceptors (Lipinski definition) is 4. The number of carbonyl (C=O) groups excluding carboxylic acids is 3. The third-order valence-corrected chi connectivity index (χ3v) is 4.43. The van der Waals surface area contributed by atoms with E-state index < -0.39 is 23.9 Å². The van der Waals surface area contributed by atoms with Gasteiger partial charge in [0.25, 0.3) is 5.91 Å². The van der Waals surface area contributed by atoms with Crippen molar-refractivity contribution < 1.29 is 19.6 Å². The molecule has 7 heteroatoms. The van der Waals surface area contributed by atoms with E-state index in [1.165, 1.54) is 11.8 Å². The number of hydrogen-bond donors (Lipinski definition) is 2. The molecule has 2 atom stereocenters. The van der Waals surface area contributed by atoms with E-state index in [1.807, 2.05) is 44.2 Å². The van der Waals surface area contributed by atoms with E-state index in [-0.39, 0.29) is 18.2 Å². The van der Waals surface area contributed by atoms with Crippen molar-refractivity contribution in [2.75, 3.05) is 7.05 Å².